The molecular weight excluding hydrogens is 290 g/mol. The first kappa shape index (κ1) is 15.0. The van der Waals surface area contributed by atoms with Crippen LogP contribution in [-0.4, -0.2) is 15.6 Å². The van der Waals surface area contributed by atoms with E-state index in [1.165, 1.54) is 5.56 Å². The molecule has 0 bridgehead atoms. The highest BCUT2D eigenvalue weighted by Gasteiger charge is 2.11. The van der Waals surface area contributed by atoms with Gasteiger partial charge in [0, 0.05) is 23.7 Å². The first-order chi connectivity index (χ1) is 11.0. The quantitative estimate of drug-likeness (QED) is 0.806. The second-order valence-electron chi connectivity index (χ2n) is 5.68. The van der Waals surface area contributed by atoms with Gasteiger partial charge in [0.15, 0.2) is 5.43 Å². The fourth-order valence-corrected chi connectivity index (χ4v) is 2.72. The van der Waals surface area contributed by atoms with Crippen LogP contribution in [0.4, 0.5) is 0 Å². The number of carbonyl (C=O) groups is 1. The van der Waals surface area contributed by atoms with E-state index in [9.17, 15) is 9.59 Å². The van der Waals surface area contributed by atoms with Gasteiger partial charge in [-0.25, -0.2) is 0 Å². The molecule has 0 amide bonds. The number of hydrogen-bond donors (Lipinski definition) is 1. The van der Waals surface area contributed by atoms with Crippen LogP contribution in [0, 0.1) is 6.92 Å². The Hall–Kier alpha value is -2.88. The Bertz CT molecular complexity index is 923. The minimum Gasteiger partial charge on any atom is -0.481 e. The topological polar surface area (TPSA) is 59.3 Å². The van der Waals surface area contributed by atoms with Gasteiger partial charge in [0.2, 0.25) is 0 Å². The molecule has 3 aromatic rings. The van der Waals surface area contributed by atoms with E-state index in [1.807, 2.05) is 47.9 Å². The van der Waals surface area contributed by atoms with Gasteiger partial charge in [-0.1, -0.05) is 42.0 Å². The van der Waals surface area contributed by atoms with Gasteiger partial charge in [0.1, 0.15) is 0 Å². The molecule has 0 radical (unpaired) electrons. The smallest absolute Gasteiger partial charge is 0.308 e. The largest absolute Gasteiger partial charge is 0.481 e. The molecule has 3 rings (SSSR count). The SMILES string of the molecule is Cc1ccc(Cn2cc(CC(=O)O)c(=O)c3ccccc32)cc1. The van der Waals surface area contributed by atoms with E-state index in [0.717, 1.165) is 11.1 Å². The van der Waals surface area contributed by atoms with Crippen LogP contribution in [0.3, 0.4) is 0 Å². The molecule has 4 heteroatoms. The number of carboxylic acid groups (broad SMARTS) is 1. The van der Waals surface area contributed by atoms with Crippen LogP contribution in [-0.2, 0) is 17.8 Å². The summed E-state index contributed by atoms with van der Waals surface area (Å²) in [5, 5.41) is 9.58. The summed E-state index contributed by atoms with van der Waals surface area (Å²) in [4.78, 5) is 23.5. The highest BCUT2D eigenvalue weighted by Crippen LogP contribution is 2.15. The van der Waals surface area contributed by atoms with Gasteiger partial charge in [-0.3, -0.25) is 9.59 Å². The Morgan fingerprint density at radius 1 is 1.09 bits per heavy atom. The summed E-state index contributed by atoms with van der Waals surface area (Å²) in [6.45, 7) is 2.62. The number of rotatable bonds is 4. The van der Waals surface area contributed by atoms with Crippen molar-refractivity contribution >= 4 is 16.9 Å². The van der Waals surface area contributed by atoms with Crippen molar-refractivity contribution in [2.75, 3.05) is 0 Å². The fraction of sp³-hybridized carbons (Fsp3) is 0.158. The first-order valence-corrected chi connectivity index (χ1v) is 7.43. The molecule has 0 fully saturated rings. The molecule has 1 N–H and O–H groups in total. The predicted molar refractivity (Wildman–Crippen MR) is 89.8 cm³/mol. The van der Waals surface area contributed by atoms with Crippen molar-refractivity contribution in [3.05, 3.63) is 81.6 Å². The molecule has 23 heavy (non-hydrogen) atoms. The molecule has 116 valence electrons. The molecule has 0 aliphatic rings. The van der Waals surface area contributed by atoms with Gasteiger partial charge in [-0.2, -0.15) is 0 Å². The Morgan fingerprint density at radius 2 is 1.78 bits per heavy atom. The summed E-state index contributed by atoms with van der Waals surface area (Å²) in [6.07, 6.45) is 1.40. The van der Waals surface area contributed by atoms with Crippen molar-refractivity contribution in [2.24, 2.45) is 0 Å². The minimum absolute atomic E-state index is 0.205. The predicted octanol–water partition coefficient (Wildman–Crippen LogP) is 2.99. The van der Waals surface area contributed by atoms with Crippen LogP contribution in [0.5, 0.6) is 0 Å². The third kappa shape index (κ3) is 3.16. The Kier molecular flexibility index (Phi) is 3.98. The lowest BCUT2D eigenvalue weighted by Crippen LogP contribution is -2.18. The average molecular weight is 307 g/mol. The van der Waals surface area contributed by atoms with Gasteiger partial charge in [0.05, 0.1) is 11.9 Å². The van der Waals surface area contributed by atoms with E-state index in [0.29, 0.717) is 17.5 Å². The number of aromatic nitrogens is 1. The second kappa shape index (κ2) is 6.08. The number of fused-ring (bicyclic) bond motifs is 1. The summed E-state index contributed by atoms with van der Waals surface area (Å²) >= 11 is 0. The summed E-state index contributed by atoms with van der Waals surface area (Å²) in [5.74, 6) is -1.00. The maximum atomic E-state index is 12.4. The van der Waals surface area contributed by atoms with E-state index in [2.05, 4.69) is 0 Å². The molecule has 0 aliphatic heterocycles. The van der Waals surface area contributed by atoms with Crippen LogP contribution in [0.25, 0.3) is 10.9 Å². The summed E-state index contributed by atoms with van der Waals surface area (Å²) in [5.41, 5.74) is 3.20. The molecule has 0 saturated carbocycles. The minimum atomic E-state index is -1.00. The van der Waals surface area contributed by atoms with E-state index >= 15 is 0 Å². The Labute approximate surface area is 133 Å². The van der Waals surface area contributed by atoms with Crippen molar-refractivity contribution in [3.8, 4) is 0 Å². The van der Waals surface area contributed by atoms with Crippen molar-refractivity contribution in [3.63, 3.8) is 0 Å². The summed E-state index contributed by atoms with van der Waals surface area (Å²) in [6, 6.07) is 15.5. The zero-order valence-corrected chi connectivity index (χ0v) is 12.8. The molecule has 2 aromatic carbocycles. The molecule has 4 nitrogen and oxygen atoms in total. The van der Waals surface area contributed by atoms with Crippen molar-refractivity contribution in [1.29, 1.82) is 0 Å². The van der Waals surface area contributed by atoms with E-state index < -0.39 is 5.97 Å². The lowest BCUT2D eigenvalue weighted by Gasteiger charge is -2.13. The van der Waals surface area contributed by atoms with Crippen LogP contribution >= 0.6 is 0 Å². The van der Waals surface area contributed by atoms with Gasteiger partial charge >= 0.3 is 5.97 Å². The number of hydrogen-bond acceptors (Lipinski definition) is 2. The van der Waals surface area contributed by atoms with Crippen LogP contribution < -0.4 is 5.43 Å². The highest BCUT2D eigenvalue weighted by atomic mass is 16.4. The van der Waals surface area contributed by atoms with E-state index in [1.54, 1.807) is 18.3 Å². The molecule has 0 saturated heterocycles. The number of aliphatic carboxylic acids is 1. The van der Waals surface area contributed by atoms with Crippen molar-refractivity contribution < 1.29 is 9.90 Å². The maximum absolute atomic E-state index is 12.4. The third-order valence-corrected chi connectivity index (χ3v) is 3.88. The number of carboxylic acids is 1. The zero-order chi connectivity index (χ0) is 16.4. The lowest BCUT2D eigenvalue weighted by atomic mass is 10.1. The number of aryl methyl sites for hydroxylation is 1. The van der Waals surface area contributed by atoms with Gasteiger partial charge in [-0.05, 0) is 24.6 Å². The standard InChI is InChI=1S/C19H17NO3/c1-13-6-8-14(9-7-13)11-20-12-15(10-18(21)22)19(23)16-4-2-3-5-17(16)20/h2-9,12H,10-11H2,1H3,(H,21,22). The molecule has 1 heterocycles. The highest BCUT2D eigenvalue weighted by molar-refractivity contribution is 5.81. The number of para-hydroxylation sites is 1. The molecular formula is C19H17NO3. The average Bonchev–Trinajstić information content (AvgIpc) is 2.53. The van der Waals surface area contributed by atoms with E-state index in [-0.39, 0.29) is 11.8 Å². The molecule has 0 spiro atoms. The van der Waals surface area contributed by atoms with Crippen LogP contribution in [0.2, 0.25) is 0 Å². The molecule has 0 atom stereocenters. The van der Waals surface area contributed by atoms with Gasteiger partial charge in [-0.15, -0.1) is 0 Å². The van der Waals surface area contributed by atoms with Crippen molar-refractivity contribution in [1.82, 2.24) is 4.57 Å². The van der Waals surface area contributed by atoms with Gasteiger partial charge < -0.3 is 9.67 Å². The second-order valence-corrected chi connectivity index (χ2v) is 5.68. The Balaban J connectivity index is 2.14. The molecule has 1 aromatic heterocycles. The number of pyridine rings is 1. The zero-order valence-electron chi connectivity index (χ0n) is 12.8. The van der Waals surface area contributed by atoms with Crippen LogP contribution in [0.15, 0.2) is 59.5 Å². The lowest BCUT2D eigenvalue weighted by molar-refractivity contribution is -0.136. The first-order valence-electron chi connectivity index (χ1n) is 7.43. The van der Waals surface area contributed by atoms with Gasteiger partial charge in [0.25, 0.3) is 0 Å². The monoisotopic (exact) mass is 307 g/mol. The normalized spacial score (nSPS) is 10.8. The molecule has 0 aliphatic carbocycles. The summed E-state index contributed by atoms with van der Waals surface area (Å²) in [7, 11) is 0. The molecule has 0 unspecified atom stereocenters. The summed E-state index contributed by atoms with van der Waals surface area (Å²) < 4.78 is 1.94. The van der Waals surface area contributed by atoms with Crippen molar-refractivity contribution in [2.45, 2.75) is 19.9 Å². The third-order valence-electron chi connectivity index (χ3n) is 3.88. The van der Waals surface area contributed by atoms with Crippen LogP contribution in [0.1, 0.15) is 16.7 Å². The maximum Gasteiger partial charge on any atom is 0.308 e. The number of nitrogens with zero attached hydrogens (tertiary/aromatic N) is 1. The van der Waals surface area contributed by atoms with E-state index in [4.69, 9.17) is 5.11 Å². The Morgan fingerprint density at radius 3 is 2.48 bits per heavy atom. The number of benzene rings is 2. The fourth-order valence-electron chi connectivity index (χ4n) is 2.72.